The number of hydrogen-bond donors (Lipinski definition) is 1. The number of fused-ring (bicyclic) bond motifs is 1. The van der Waals surface area contributed by atoms with Gasteiger partial charge in [0.1, 0.15) is 0 Å². The zero-order chi connectivity index (χ0) is 30.7. The van der Waals surface area contributed by atoms with E-state index in [1.807, 2.05) is 6.92 Å². The molecule has 4 rings (SSSR count). The molecule has 1 aromatic heterocycles. The number of aromatic nitrogens is 1. The van der Waals surface area contributed by atoms with Gasteiger partial charge in [-0.3, -0.25) is 9.78 Å². The number of unbranched alkanes of at least 4 members (excludes halogenated alkanes) is 1. The molecule has 0 unspecified atom stereocenters. The van der Waals surface area contributed by atoms with Crippen LogP contribution < -0.4 is 5.32 Å². The van der Waals surface area contributed by atoms with E-state index in [1.165, 1.54) is 12.1 Å². The van der Waals surface area contributed by atoms with E-state index in [2.05, 4.69) is 15.2 Å². The average molecular weight is 619 g/mol. The van der Waals surface area contributed by atoms with Crippen molar-refractivity contribution in [3.05, 3.63) is 65.3 Å². The van der Waals surface area contributed by atoms with Crippen molar-refractivity contribution in [1.29, 1.82) is 0 Å². The zero-order valence-electron chi connectivity index (χ0n) is 22.7. The number of anilines is 2. The third-order valence-corrected chi connectivity index (χ3v) is 7.63. The molecule has 0 atom stereocenters. The lowest BCUT2D eigenvalue weighted by molar-refractivity contribution is -0.346. The molecule has 2 aromatic carbocycles. The van der Waals surface area contributed by atoms with Gasteiger partial charge in [-0.1, -0.05) is 37.1 Å². The summed E-state index contributed by atoms with van der Waals surface area (Å²) >= 11 is 6.04. The highest BCUT2D eigenvalue weighted by Gasteiger charge is 2.77. The summed E-state index contributed by atoms with van der Waals surface area (Å²) in [6, 6.07) is 12.2. The van der Waals surface area contributed by atoms with Crippen LogP contribution in [0.2, 0.25) is 5.02 Å². The van der Waals surface area contributed by atoms with E-state index in [-0.39, 0.29) is 12.8 Å². The highest BCUT2D eigenvalue weighted by Crippen LogP contribution is 2.47. The van der Waals surface area contributed by atoms with E-state index in [0.29, 0.717) is 45.5 Å². The fourth-order valence-electron chi connectivity index (χ4n) is 4.97. The molecule has 1 aliphatic rings. The molecular formula is C29H30ClF7N4O. The summed E-state index contributed by atoms with van der Waals surface area (Å²) in [5.74, 6) is -15.0. The lowest BCUT2D eigenvalue weighted by atomic mass is 9.99. The van der Waals surface area contributed by atoms with Crippen LogP contribution in [-0.4, -0.2) is 64.4 Å². The number of piperidine rings is 1. The first-order valence-corrected chi connectivity index (χ1v) is 13.9. The number of hydrogen-bond acceptors (Lipinski definition) is 4. The number of carbonyl (C=O) groups is 1. The predicted octanol–water partition coefficient (Wildman–Crippen LogP) is 8.06. The third kappa shape index (κ3) is 6.75. The molecule has 3 aromatic rings. The first-order chi connectivity index (χ1) is 19.7. The van der Waals surface area contributed by atoms with E-state index < -0.39 is 36.5 Å². The van der Waals surface area contributed by atoms with Gasteiger partial charge in [0, 0.05) is 53.7 Å². The molecule has 1 amide bonds. The Bertz CT molecular complexity index is 1380. The molecule has 1 fully saturated rings. The number of likely N-dealkylation sites (tertiary alicyclic amines) is 1. The van der Waals surface area contributed by atoms with Crippen molar-refractivity contribution in [1.82, 2.24) is 14.8 Å². The molecule has 0 saturated carbocycles. The van der Waals surface area contributed by atoms with Crippen molar-refractivity contribution in [2.45, 2.75) is 63.2 Å². The van der Waals surface area contributed by atoms with Crippen LogP contribution in [0.1, 0.15) is 38.2 Å². The van der Waals surface area contributed by atoms with Crippen LogP contribution in [0.3, 0.4) is 0 Å². The predicted molar refractivity (Wildman–Crippen MR) is 147 cm³/mol. The lowest BCUT2D eigenvalue weighted by Gasteiger charge is -2.40. The largest absolute Gasteiger partial charge is 0.460 e. The molecule has 0 bridgehead atoms. The molecular weight excluding hydrogens is 589 g/mol. The zero-order valence-corrected chi connectivity index (χ0v) is 23.5. The fourth-order valence-corrected chi connectivity index (χ4v) is 5.14. The number of halogens is 8. The second-order valence-corrected chi connectivity index (χ2v) is 10.8. The van der Waals surface area contributed by atoms with Gasteiger partial charge in [-0.05, 0) is 67.8 Å². The van der Waals surface area contributed by atoms with Gasteiger partial charge < -0.3 is 15.1 Å². The Balaban J connectivity index is 1.56. The summed E-state index contributed by atoms with van der Waals surface area (Å²) in [4.78, 5) is 19.6. The molecule has 0 spiro atoms. The summed E-state index contributed by atoms with van der Waals surface area (Å²) < 4.78 is 95.7. The Morgan fingerprint density at radius 1 is 1.02 bits per heavy atom. The SMILES string of the molecule is CCCCN1CCC(N(Cc2ccc(Nc3ccnc4cc(Cl)ccc34)cc2)C(=O)C(F)(F)C(F)(F)C(F)(F)F)CC1. The number of benzene rings is 2. The maximum Gasteiger partial charge on any atom is 0.460 e. The maximum atomic E-state index is 14.6. The van der Waals surface area contributed by atoms with Gasteiger partial charge in [0.05, 0.1) is 5.52 Å². The Labute approximate surface area is 243 Å². The van der Waals surface area contributed by atoms with Crippen LogP contribution >= 0.6 is 11.6 Å². The van der Waals surface area contributed by atoms with Crippen LogP contribution in [0.4, 0.5) is 42.1 Å². The number of alkyl halides is 7. The highest BCUT2D eigenvalue weighted by molar-refractivity contribution is 6.31. The van der Waals surface area contributed by atoms with Crippen LogP contribution in [0.25, 0.3) is 10.9 Å². The van der Waals surface area contributed by atoms with Gasteiger partial charge in [-0.2, -0.15) is 30.7 Å². The molecule has 0 aliphatic carbocycles. The summed E-state index contributed by atoms with van der Waals surface area (Å²) in [6.07, 6.45) is -2.85. The number of amides is 1. The average Bonchev–Trinajstić information content (AvgIpc) is 2.95. The Morgan fingerprint density at radius 2 is 1.69 bits per heavy atom. The summed E-state index contributed by atoms with van der Waals surface area (Å²) in [5.41, 5.74) is 2.22. The van der Waals surface area contributed by atoms with Gasteiger partial charge >= 0.3 is 23.9 Å². The van der Waals surface area contributed by atoms with E-state index in [1.54, 1.807) is 42.6 Å². The minimum Gasteiger partial charge on any atom is -0.355 e. The van der Waals surface area contributed by atoms with Crippen LogP contribution in [0.5, 0.6) is 0 Å². The Kier molecular flexibility index (Phi) is 9.56. The van der Waals surface area contributed by atoms with Crippen molar-refractivity contribution in [3.63, 3.8) is 0 Å². The van der Waals surface area contributed by atoms with E-state index in [4.69, 9.17) is 11.6 Å². The number of nitrogens with zero attached hydrogens (tertiary/aromatic N) is 3. The lowest BCUT2D eigenvalue weighted by Crippen LogP contribution is -2.62. The quantitative estimate of drug-likeness (QED) is 0.234. The van der Waals surface area contributed by atoms with E-state index in [0.717, 1.165) is 24.8 Å². The molecule has 13 heteroatoms. The molecule has 1 saturated heterocycles. The van der Waals surface area contributed by atoms with Crippen molar-refractivity contribution >= 4 is 39.8 Å². The number of nitrogens with one attached hydrogen (secondary N) is 1. The van der Waals surface area contributed by atoms with Gasteiger partial charge in [0.25, 0.3) is 0 Å². The number of rotatable bonds is 10. The van der Waals surface area contributed by atoms with Crippen LogP contribution in [0, 0.1) is 0 Å². The van der Waals surface area contributed by atoms with Crippen molar-refractivity contribution < 1.29 is 35.5 Å². The smallest absolute Gasteiger partial charge is 0.355 e. The Hall–Kier alpha value is -3.12. The summed E-state index contributed by atoms with van der Waals surface area (Å²) in [7, 11) is 0. The second-order valence-electron chi connectivity index (χ2n) is 10.3. The minimum absolute atomic E-state index is 0.169. The van der Waals surface area contributed by atoms with Crippen molar-refractivity contribution in [2.75, 3.05) is 25.0 Å². The highest BCUT2D eigenvalue weighted by atomic mass is 35.5. The topological polar surface area (TPSA) is 48.5 Å². The molecule has 2 heterocycles. The Morgan fingerprint density at radius 3 is 2.31 bits per heavy atom. The number of carbonyl (C=O) groups excluding carboxylic acids is 1. The molecule has 1 aliphatic heterocycles. The second kappa shape index (κ2) is 12.6. The number of pyridine rings is 1. The monoisotopic (exact) mass is 618 g/mol. The third-order valence-electron chi connectivity index (χ3n) is 7.40. The normalized spacial score (nSPS) is 15.6. The summed E-state index contributed by atoms with van der Waals surface area (Å²) in [6.45, 7) is 3.01. The fraction of sp³-hybridized carbons (Fsp3) is 0.448. The summed E-state index contributed by atoms with van der Waals surface area (Å²) in [5, 5.41) is 4.50. The van der Waals surface area contributed by atoms with Gasteiger partial charge in [0.15, 0.2) is 0 Å². The first-order valence-electron chi connectivity index (χ1n) is 13.5. The molecule has 228 valence electrons. The molecule has 42 heavy (non-hydrogen) atoms. The molecule has 1 N–H and O–H groups in total. The van der Waals surface area contributed by atoms with Gasteiger partial charge in [-0.25, -0.2) is 0 Å². The van der Waals surface area contributed by atoms with Crippen molar-refractivity contribution in [2.24, 2.45) is 0 Å². The van der Waals surface area contributed by atoms with Crippen molar-refractivity contribution in [3.8, 4) is 0 Å². The van der Waals surface area contributed by atoms with Crippen LogP contribution in [-0.2, 0) is 11.3 Å². The molecule has 5 nitrogen and oxygen atoms in total. The minimum atomic E-state index is -6.60. The van der Waals surface area contributed by atoms with Gasteiger partial charge in [0.2, 0.25) is 0 Å². The standard InChI is InChI=1S/C29H30ClF7N4O/c1-2-3-14-40-15-11-22(12-16-40)41(26(42)27(31,32)28(33,34)29(35,36)37)18-19-4-7-21(8-5-19)39-24-10-13-38-25-17-20(30)6-9-23(24)25/h4-10,13,17,22H,2-3,11-12,14-16,18H2,1H3,(H,38,39). The first kappa shape index (κ1) is 31.8. The van der Waals surface area contributed by atoms with Gasteiger partial charge in [-0.15, -0.1) is 0 Å². The maximum absolute atomic E-state index is 14.6. The van der Waals surface area contributed by atoms with E-state index >= 15 is 0 Å². The molecule has 0 radical (unpaired) electrons. The van der Waals surface area contributed by atoms with Crippen LogP contribution in [0.15, 0.2) is 54.7 Å². The van der Waals surface area contributed by atoms with E-state index in [9.17, 15) is 35.5 Å².